The number of rotatable bonds is 7. The highest BCUT2D eigenvalue weighted by atomic mass is 35.5. The molecular weight excluding hydrogens is 316 g/mol. The van der Waals surface area contributed by atoms with Crippen molar-refractivity contribution in [2.24, 2.45) is 5.11 Å². The van der Waals surface area contributed by atoms with Crippen molar-refractivity contribution >= 4 is 29.1 Å². The second kappa shape index (κ2) is 8.20. The lowest BCUT2D eigenvalue weighted by atomic mass is 10.2. The standard InChI is InChI=1S/C17H19ClN2OS/c1-3-4-9-21-16-11-17(12(2)10-15(16)20-19)22-14-7-5-13(18)6-8-14/h5-8,10-11,19H,3-4,9H2,1-2H3/p+1. The Hall–Kier alpha value is -1.52. The highest BCUT2D eigenvalue weighted by molar-refractivity contribution is 7.99. The molecule has 3 nitrogen and oxygen atoms in total. The first-order chi connectivity index (χ1) is 10.6. The van der Waals surface area contributed by atoms with Crippen LogP contribution in [0.25, 0.3) is 0 Å². The smallest absolute Gasteiger partial charge is 0.172 e. The predicted octanol–water partition coefficient (Wildman–Crippen LogP) is 4.82. The van der Waals surface area contributed by atoms with Crippen molar-refractivity contribution in [2.45, 2.75) is 36.5 Å². The van der Waals surface area contributed by atoms with Crippen molar-refractivity contribution in [1.29, 1.82) is 0 Å². The average molecular weight is 336 g/mol. The molecule has 0 aliphatic rings. The number of benzene rings is 2. The first-order valence-electron chi connectivity index (χ1n) is 7.26. The van der Waals surface area contributed by atoms with Gasteiger partial charge in [0.15, 0.2) is 11.4 Å². The largest absolute Gasteiger partial charge is 0.491 e. The van der Waals surface area contributed by atoms with Gasteiger partial charge in [0.05, 0.1) is 6.61 Å². The molecule has 2 aromatic carbocycles. The Morgan fingerprint density at radius 3 is 2.59 bits per heavy atom. The van der Waals surface area contributed by atoms with Gasteiger partial charge in [0.1, 0.15) is 0 Å². The highest BCUT2D eigenvalue weighted by Gasteiger charge is 2.11. The summed E-state index contributed by atoms with van der Waals surface area (Å²) in [6, 6.07) is 11.8. The fourth-order valence-electron chi connectivity index (χ4n) is 1.94. The Morgan fingerprint density at radius 1 is 1.23 bits per heavy atom. The van der Waals surface area contributed by atoms with Gasteiger partial charge in [-0.2, -0.15) is 5.53 Å². The van der Waals surface area contributed by atoms with E-state index < -0.39 is 0 Å². The summed E-state index contributed by atoms with van der Waals surface area (Å²) in [5.74, 6) is 0.734. The van der Waals surface area contributed by atoms with E-state index in [0.29, 0.717) is 12.3 Å². The van der Waals surface area contributed by atoms with Gasteiger partial charge in [0.2, 0.25) is 0 Å². The van der Waals surface area contributed by atoms with Crippen molar-refractivity contribution in [3.63, 3.8) is 0 Å². The monoisotopic (exact) mass is 335 g/mol. The van der Waals surface area contributed by atoms with Gasteiger partial charge in [0, 0.05) is 14.8 Å². The zero-order valence-corrected chi connectivity index (χ0v) is 14.4. The average Bonchev–Trinajstić information content (AvgIpc) is 2.52. The van der Waals surface area contributed by atoms with E-state index in [0.717, 1.165) is 39.0 Å². The topological polar surface area (TPSA) is 47.2 Å². The number of halogens is 1. The summed E-state index contributed by atoms with van der Waals surface area (Å²) in [4.78, 5) is 2.26. The molecule has 0 aliphatic carbocycles. The second-order valence-electron chi connectivity index (χ2n) is 4.97. The lowest BCUT2D eigenvalue weighted by Gasteiger charge is -2.11. The van der Waals surface area contributed by atoms with Crippen molar-refractivity contribution < 1.29 is 10.3 Å². The summed E-state index contributed by atoms with van der Waals surface area (Å²) in [6.45, 7) is 4.85. The molecule has 2 aromatic rings. The Balaban J connectivity index is 2.24. The van der Waals surface area contributed by atoms with E-state index in [-0.39, 0.29) is 0 Å². The summed E-state index contributed by atoms with van der Waals surface area (Å²) in [5.41, 5.74) is 7.27. The highest BCUT2D eigenvalue weighted by Crippen LogP contribution is 2.38. The number of nitrogens with zero attached hydrogens (tertiary/aromatic N) is 1. The van der Waals surface area contributed by atoms with Gasteiger partial charge >= 0.3 is 0 Å². The third-order valence-electron chi connectivity index (χ3n) is 3.19. The molecule has 22 heavy (non-hydrogen) atoms. The fourth-order valence-corrected chi connectivity index (χ4v) is 2.97. The molecule has 0 unspecified atom stereocenters. The van der Waals surface area contributed by atoms with Gasteiger partial charge < -0.3 is 4.74 Å². The van der Waals surface area contributed by atoms with Crippen molar-refractivity contribution in [3.05, 3.63) is 47.0 Å². The summed E-state index contributed by atoms with van der Waals surface area (Å²) in [5, 5.41) is 4.56. The second-order valence-corrected chi connectivity index (χ2v) is 6.52. The van der Waals surface area contributed by atoms with Gasteiger partial charge in [-0.3, -0.25) is 0 Å². The van der Waals surface area contributed by atoms with Crippen LogP contribution >= 0.6 is 23.4 Å². The van der Waals surface area contributed by atoms with E-state index in [9.17, 15) is 0 Å². The van der Waals surface area contributed by atoms with Crippen LogP contribution < -0.4 is 10.3 Å². The van der Waals surface area contributed by atoms with Crippen LogP contribution in [-0.2, 0) is 0 Å². The van der Waals surface area contributed by atoms with E-state index in [1.807, 2.05) is 43.3 Å². The minimum absolute atomic E-state index is 0.674. The van der Waals surface area contributed by atoms with E-state index in [1.165, 1.54) is 0 Å². The Labute approximate surface area is 140 Å². The minimum atomic E-state index is 0.674. The molecule has 2 rings (SSSR count). The van der Waals surface area contributed by atoms with Gasteiger partial charge in [0.25, 0.3) is 0 Å². The molecule has 0 bridgehead atoms. The van der Waals surface area contributed by atoms with E-state index in [1.54, 1.807) is 11.8 Å². The minimum Gasteiger partial charge on any atom is -0.491 e. The fraction of sp³-hybridized carbons (Fsp3) is 0.294. The summed E-state index contributed by atoms with van der Waals surface area (Å²) < 4.78 is 5.81. The lowest BCUT2D eigenvalue weighted by molar-refractivity contribution is -0.210. The van der Waals surface area contributed by atoms with Crippen LogP contribution in [0.5, 0.6) is 5.75 Å². The number of nitrogens with two attached hydrogens (primary N) is 1. The first kappa shape index (κ1) is 16.8. The van der Waals surface area contributed by atoms with Gasteiger partial charge in [-0.25, -0.2) is 0 Å². The molecule has 0 spiro atoms. The molecule has 0 saturated heterocycles. The third-order valence-corrected chi connectivity index (χ3v) is 4.61. The molecule has 0 amide bonds. The SMILES string of the molecule is CCCCOc1cc(Sc2ccc(Cl)cc2)c(C)cc1N=[NH2+]. The maximum absolute atomic E-state index is 5.93. The summed E-state index contributed by atoms with van der Waals surface area (Å²) in [6.07, 6.45) is 2.10. The number of aryl methyl sites for hydroxylation is 1. The van der Waals surface area contributed by atoms with Crippen molar-refractivity contribution in [3.8, 4) is 5.75 Å². The van der Waals surface area contributed by atoms with Crippen LogP contribution in [0.4, 0.5) is 5.69 Å². The Bertz CT molecular complexity index is 644. The van der Waals surface area contributed by atoms with E-state index >= 15 is 0 Å². The van der Waals surface area contributed by atoms with Gasteiger partial charge in [-0.15, -0.1) is 0 Å². The lowest BCUT2D eigenvalue weighted by Crippen LogP contribution is -2.22. The van der Waals surface area contributed by atoms with E-state index in [4.69, 9.17) is 21.9 Å². The maximum Gasteiger partial charge on any atom is 0.172 e. The zero-order valence-electron chi connectivity index (χ0n) is 12.8. The molecule has 0 saturated carbocycles. The van der Waals surface area contributed by atoms with Crippen LogP contribution in [0.3, 0.4) is 0 Å². The van der Waals surface area contributed by atoms with Crippen LogP contribution in [-0.4, -0.2) is 6.61 Å². The molecule has 5 heteroatoms. The number of unbranched alkanes of at least 4 members (excludes halogenated alkanes) is 1. The van der Waals surface area contributed by atoms with Crippen molar-refractivity contribution in [2.75, 3.05) is 6.61 Å². The Kier molecular flexibility index (Phi) is 6.28. The maximum atomic E-state index is 5.93. The summed E-state index contributed by atoms with van der Waals surface area (Å²) >= 11 is 7.60. The predicted molar refractivity (Wildman–Crippen MR) is 91.2 cm³/mol. The van der Waals surface area contributed by atoms with Crippen molar-refractivity contribution in [1.82, 2.24) is 0 Å². The van der Waals surface area contributed by atoms with Crippen LogP contribution in [0.1, 0.15) is 25.3 Å². The third kappa shape index (κ3) is 4.49. The number of ether oxygens (including phenoxy) is 1. The summed E-state index contributed by atoms with van der Waals surface area (Å²) in [7, 11) is 0. The molecule has 0 aromatic heterocycles. The van der Waals surface area contributed by atoms with Crippen LogP contribution in [0.15, 0.2) is 51.3 Å². The molecule has 0 atom stereocenters. The molecule has 0 aliphatic heterocycles. The van der Waals surface area contributed by atoms with E-state index in [2.05, 4.69) is 12.0 Å². The molecule has 0 radical (unpaired) electrons. The Morgan fingerprint density at radius 2 is 1.95 bits per heavy atom. The first-order valence-corrected chi connectivity index (χ1v) is 8.45. The van der Waals surface area contributed by atoms with Gasteiger partial charge in [-0.1, -0.05) is 36.7 Å². The molecule has 116 valence electrons. The normalized spacial score (nSPS) is 10.5. The quantitative estimate of drug-likeness (QED) is 0.582. The van der Waals surface area contributed by atoms with Crippen LogP contribution in [0.2, 0.25) is 5.02 Å². The molecule has 2 N–H and O–H groups in total. The molecule has 0 fully saturated rings. The molecular formula is C17H20ClN2OS+. The number of hydrogen-bond acceptors (Lipinski definition) is 3. The number of hydrogen-bond donors (Lipinski definition) is 1. The van der Waals surface area contributed by atoms with Gasteiger partial charge in [-0.05, 0) is 60.4 Å². The molecule has 0 heterocycles. The zero-order chi connectivity index (χ0) is 15.9. The van der Waals surface area contributed by atoms with Crippen LogP contribution in [0, 0.1) is 6.92 Å².